The highest BCUT2D eigenvalue weighted by Gasteiger charge is 2.43. The first-order valence-electron chi connectivity index (χ1n) is 5.09. The quantitative estimate of drug-likeness (QED) is 0.621. The topological polar surface area (TPSA) is 20.3 Å². The van der Waals surface area contributed by atoms with Gasteiger partial charge in [0.2, 0.25) is 0 Å². The Bertz CT molecular complexity index is 198. The van der Waals surface area contributed by atoms with Crippen LogP contribution in [0.4, 0.5) is 0 Å². The molecule has 2 nitrogen and oxygen atoms in total. The monoisotopic (exact) mass is 183 g/mol. The fraction of sp³-hybridized carbons (Fsp3) is 0.909. The van der Waals surface area contributed by atoms with Crippen LogP contribution in [-0.2, 0) is 4.79 Å². The van der Waals surface area contributed by atoms with Gasteiger partial charge in [-0.15, -0.1) is 0 Å². The van der Waals surface area contributed by atoms with Gasteiger partial charge in [-0.05, 0) is 34.2 Å². The van der Waals surface area contributed by atoms with Crippen LogP contribution in [0.1, 0.15) is 47.5 Å². The second-order valence-electron chi connectivity index (χ2n) is 5.26. The van der Waals surface area contributed by atoms with E-state index >= 15 is 0 Å². The van der Waals surface area contributed by atoms with Crippen LogP contribution in [0.3, 0.4) is 0 Å². The van der Waals surface area contributed by atoms with E-state index in [1.54, 1.807) is 0 Å². The molecule has 1 saturated heterocycles. The Morgan fingerprint density at radius 2 is 1.54 bits per heavy atom. The number of ketones is 1. The summed E-state index contributed by atoms with van der Waals surface area (Å²) >= 11 is 0. The zero-order chi connectivity index (χ0) is 10.3. The van der Waals surface area contributed by atoms with Crippen LogP contribution in [0.5, 0.6) is 0 Å². The summed E-state index contributed by atoms with van der Waals surface area (Å²) in [4.78, 5) is 14.0. The van der Waals surface area contributed by atoms with Crippen molar-refractivity contribution >= 4 is 5.78 Å². The second kappa shape index (κ2) is 3.09. The molecule has 0 amide bonds. The number of likely N-dealkylation sites (tertiary alicyclic amines) is 1. The molecule has 76 valence electrons. The van der Waals surface area contributed by atoms with Gasteiger partial charge >= 0.3 is 0 Å². The third-order valence-electron chi connectivity index (χ3n) is 3.04. The molecule has 0 aromatic rings. The molecule has 0 aromatic heterocycles. The van der Waals surface area contributed by atoms with Crippen molar-refractivity contribution in [1.82, 2.24) is 4.90 Å². The smallest absolute Gasteiger partial charge is 0.136 e. The Balaban J connectivity index is 2.94. The SMILES string of the molecule is CCN1C(C)(C)CC(=O)CC1(C)C. The number of piperidine rings is 1. The summed E-state index contributed by atoms with van der Waals surface area (Å²) in [6.45, 7) is 11.8. The minimum Gasteiger partial charge on any atom is -0.300 e. The molecular weight excluding hydrogens is 162 g/mol. The Morgan fingerprint density at radius 1 is 1.15 bits per heavy atom. The van der Waals surface area contributed by atoms with E-state index in [1.165, 1.54) is 0 Å². The molecule has 0 spiro atoms. The van der Waals surface area contributed by atoms with Crippen molar-refractivity contribution in [2.45, 2.75) is 58.5 Å². The van der Waals surface area contributed by atoms with Gasteiger partial charge in [0.15, 0.2) is 0 Å². The van der Waals surface area contributed by atoms with Gasteiger partial charge in [0.05, 0.1) is 0 Å². The fourth-order valence-electron chi connectivity index (χ4n) is 2.89. The summed E-state index contributed by atoms with van der Waals surface area (Å²) < 4.78 is 0. The number of carbonyl (C=O) groups is 1. The van der Waals surface area contributed by atoms with Crippen molar-refractivity contribution in [3.8, 4) is 0 Å². The largest absolute Gasteiger partial charge is 0.300 e. The van der Waals surface area contributed by atoms with E-state index in [2.05, 4.69) is 39.5 Å². The van der Waals surface area contributed by atoms with Crippen LogP contribution < -0.4 is 0 Å². The maximum atomic E-state index is 11.5. The number of hydrogen-bond acceptors (Lipinski definition) is 2. The van der Waals surface area contributed by atoms with Gasteiger partial charge in [0, 0.05) is 23.9 Å². The molecule has 0 N–H and O–H groups in total. The molecule has 13 heavy (non-hydrogen) atoms. The highest BCUT2D eigenvalue weighted by molar-refractivity contribution is 5.81. The lowest BCUT2D eigenvalue weighted by Gasteiger charge is -2.51. The van der Waals surface area contributed by atoms with Crippen LogP contribution >= 0.6 is 0 Å². The van der Waals surface area contributed by atoms with Crippen LogP contribution in [-0.4, -0.2) is 28.3 Å². The van der Waals surface area contributed by atoms with E-state index in [0.717, 1.165) is 6.54 Å². The molecule has 0 atom stereocenters. The number of carbonyl (C=O) groups excluding carboxylic acids is 1. The van der Waals surface area contributed by atoms with Crippen LogP contribution in [0, 0.1) is 0 Å². The van der Waals surface area contributed by atoms with Crippen molar-refractivity contribution < 1.29 is 4.79 Å². The molecule has 1 aliphatic rings. The van der Waals surface area contributed by atoms with Crippen LogP contribution in [0.15, 0.2) is 0 Å². The number of nitrogens with zero attached hydrogens (tertiary/aromatic N) is 1. The summed E-state index contributed by atoms with van der Waals surface area (Å²) in [5.74, 6) is 0.403. The first-order chi connectivity index (χ1) is 5.79. The predicted molar refractivity (Wildman–Crippen MR) is 54.8 cm³/mol. The van der Waals surface area contributed by atoms with Gasteiger partial charge in [0.1, 0.15) is 5.78 Å². The van der Waals surface area contributed by atoms with E-state index < -0.39 is 0 Å². The Labute approximate surface area is 81.3 Å². The van der Waals surface area contributed by atoms with Crippen molar-refractivity contribution in [3.05, 3.63) is 0 Å². The van der Waals surface area contributed by atoms with E-state index in [0.29, 0.717) is 18.6 Å². The molecular formula is C11H21NO. The number of rotatable bonds is 1. The molecule has 0 unspecified atom stereocenters. The normalized spacial score (nSPS) is 27.6. The van der Waals surface area contributed by atoms with E-state index in [1.807, 2.05) is 0 Å². The average molecular weight is 183 g/mol. The molecule has 0 aliphatic carbocycles. The Hall–Kier alpha value is -0.370. The zero-order valence-corrected chi connectivity index (χ0v) is 9.48. The van der Waals surface area contributed by atoms with Crippen LogP contribution in [0.2, 0.25) is 0 Å². The molecule has 1 heterocycles. The summed E-state index contributed by atoms with van der Waals surface area (Å²) in [5.41, 5.74) is 0.0706. The summed E-state index contributed by atoms with van der Waals surface area (Å²) in [6.07, 6.45) is 1.40. The molecule has 1 fully saturated rings. The maximum absolute atomic E-state index is 11.5. The first-order valence-corrected chi connectivity index (χ1v) is 5.09. The molecule has 0 bridgehead atoms. The highest BCUT2D eigenvalue weighted by Crippen LogP contribution is 2.35. The Kier molecular flexibility index (Phi) is 2.54. The van der Waals surface area contributed by atoms with Gasteiger partial charge in [-0.2, -0.15) is 0 Å². The van der Waals surface area contributed by atoms with Crippen molar-refractivity contribution in [3.63, 3.8) is 0 Å². The minimum atomic E-state index is 0.0353. The molecule has 1 rings (SSSR count). The third kappa shape index (κ3) is 1.93. The summed E-state index contributed by atoms with van der Waals surface area (Å²) in [6, 6.07) is 0. The fourth-order valence-corrected chi connectivity index (χ4v) is 2.89. The van der Waals surface area contributed by atoms with Crippen molar-refractivity contribution in [2.75, 3.05) is 6.54 Å². The standard InChI is InChI=1S/C11H21NO/c1-6-12-10(2,3)7-9(13)8-11(12,4)5/h6-8H2,1-5H3. The lowest BCUT2D eigenvalue weighted by atomic mass is 9.79. The van der Waals surface area contributed by atoms with Crippen LogP contribution in [0.25, 0.3) is 0 Å². The van der Waals surface area contributed by atoms with Gasteiger partial charge in [-0.3, -0.25) is 9.69 Å². The van der Waals surface area contributed by atoms with E-state index in [4.69, 9.17) is 0 Å². The van der Waals surface area contributed by atoms with E-state index in [-0.39, 0.29) is 11.1 Å². The molecule has 0 aromatic carbocycles. The average Bonchev–Trinajstić information content (AvgIpc) is 1.79. The highest BCUT2D eigenvalue weighted by atomic mass is 16.1. The van der Waals surface area contributed by atoms with Gasteiger partial charge in [-0.1, -0.05) is 6.92 Å². The molecule has 2 heteroatoms. The van der Waals surface area contributed by atoms with Gasteiger partial charge < -0.3 is 0 Å². The molecule has 0 radical (unpaired) electrons. The van der Waals surface area contributed by atoms with Crippen molar-refractivity contribution in [2.24, 2.45) is 0 Å². The second-order valence-corrected chi connectivity index (χ2v) is 5.26. The zero-order valence-electron chi connectivity index (χ0n) is 9.48. The predicted octanol–water partition coefficient (Wildman–Crippen LogP) is 2.23. The Morgan fingerprint density at radius 3 is 1.85 bits per heavy atom. The minimum absolute atomic E-state index is 0.0353. The maximum Gasteiger partial charge on any atom is 0.136 e. The number of Topliss-reactive ketones (excluding diaryl/α,β-unsaturated/α-hetero) is 1. The first kappa shape index (κ1) is 10.7. The van der Waals surface area contributed by atoms with Crippen molar-refractivity contribution in [1.29, 1.82) is 0 Å². The van der Waals surface area contributed by atoms with E-state index in [9.17, 15) is 4.79 Å². The lowest BCUT2D eigenvalue weighted by molar-refractivity contribution is -0.133. The summed E-state index contributed by atoms with van der Waals surface area (Å²) in [5, 5.41) is 0. The summed E-state index contributed by atoms with van der Waals surface area (Å²) in [7, 11) is 0. The molecule has 0 saturated carbocycles. The van der Waals surface area contributed by atoms with Gasteiger partial charge in [-0.25, -0.2) is 0 Å². The number of hydrogen-bond donors (Lipinski definition) is 0. The molecule has 1 aliphatic heterocycles. The van der Waals surface area contributed by atoms with Gasteiger partial charge in [0.25, 0.3) is 0 Å². The lowest BCUT2D eigenvalue weighted by Crippen LogP contribution is -2.60. The third-order valence-corrected chi connectivity index (χ3v) is 3.04.